The van der Waals surface area contributed by atoms with Gasteiger partial charge in [-0.2, -0.15) is 0 Å². The van der Waals surface area contributed by atoms with Crippen LogP contribution in [0.2, 0.25) is 0 Å². The molecule has 0 radical (unpaired) electrons. The molecule has 0 amide bonds. The molecule has 0 aliphatic rings. The van der Waals surface area contributed by atoms with E-state index in [2.05, 4.69) is 16.8 Å². The van der Waals surface area contributed by atoms with Crippen LogP contribution in [0.5, 0.6) is 0 Å². The molecule has 0 saturated carbocycles. The monoisotopic (exact) mass is 237 g/mol. The number of likely N-dealkylation sites (N-methyl/N-ethyl adjacent to an activating group) is 1. The summed E-state index contributed by atoms with van der Waals surface area (Å²) >= 11 is 0. The Bertz CT molecular complexity index is 316. The van der Waals surface area contributed by atoms with E-state index in [0.717, 1.165) is 12.1 Å². The van der Waals surface area contributed by atoms with Crippen LogP contribution in [-0.2, 0) is 0 Å². The molecular weight excluding hydrogens is 214 g/mol. The lowest BCUT2D eigenvalue weighted by Crippen LogP contribution is -2.41. The highest BCUT2D eigenvalue weighted by Gasteiger charge is 2.24. The number of aliphatic hydroxyl groups excluding tert-OH is 1. The van der Waals surface area contributed by atoms with Crippen LogP contribution in [0.15, 0.2) is 24.4 Å². The van der Waals surface area contributed by atoms with Gasteiger partial charge in [-0.05, 0) is 32.5 Å². The molecule has 4 nitrogen and oxygen atoms in total. The Labute approximate surface area is 103 Å². The molecule has 0 spiro atoms. The van der Waals surface area contributed by atoms with E-state index in [1.165, 1.54) is 0 Å². The Morgan fingerprint density at radius 2 is 2.18 bits per heavy atom. The third kappa shape index (κ3) is 4.07. The van der Waals surface area contributed by atoms with Crippen molar-refractivity contribution in [2.75, 3.05) is 13.6 Å². The van der Waals surface area contributed by atoms with Gasteiger partial charge in [0.25, 0.3) is 0 Å². The van der Waals surface area contributed by atoms with Crippen molar-refractivity contribution in [3.05, 3.63) is 30.1 Å². The first kappa shape index (κ1) is 14.1. The van der Waals surface area contributed by atoms with Crippen LogP contribution >= 0.6 is 0 Å². The van der Waals surface area contributed by atoms with Crippen molar-refractivity contribution in [3.63, 3.8) is 0 Å². The molecule has 4 heteroatoms. The second kappa shape index (κ2) is 6.69. The molecule has 96 valence electrons. The van der Waals surface area contributed by atoms with Gasteiger partial charge in [-0.25, -0.2) is 0 Å². The predicted octanol–water partition coefficient (Wildman–Crippen LogP) is 1.17. The molecule has 0 saturated heterocycles. The largest absolute Gasteiger partial charge is 0.392 e. The zero-order chi connectivity index (χ0) is 12.8. The average molecular weight is 237 g/mol. The van der Waals surface area contributed by atoms with Crippen molar-refractivity contribution >= 4 is 0 Å². The summed E-state index contributed by atoms with van der Waals surface area (Å²) in [4.78, 5) is 6.44. The normalized spacial score (nSPS) is 16.8. The van der Waals surface area contributed by atoms with Gasteiger partial charge in [0.15, 0.2) is 0 Å². The van der Waals surface area contributed by atoms with E-state index in [9.17, 15) is 5.11 Å². The average Bonchev–Trinajstić information content (AvgIpc) is 2.29. The summed E-state index contributed by atoms with van der Waals surface area (Å²) in [5.41, 5.74) is 7.13. The Kier molecular flexibility index (Phi) is 5.55. The highest BCUT2D eigenvalue weighted by atomic mass is 16.3. The number of pyridine rings is 1. The second-order valence-electron chi connectivity index (χ2n) is 4.56. The highest BCUT2D eigenvalue weighted by Crippen LogP contribution is 2.21. The fourth-order valence-electron chi connectivity index (χ4n) is 2.08. The molecule has 17 heavy (non-hydrogen) atoms. The van der Waals surface area contributed by atoms with Crippen molar-refractivity contribution < 1.29 is 5.11 Å². The van der Waals surface area contributed by atoms with E-state index in [1.807, 2.05) is 25.2 Å². The van der Waals surface area contributed by atoms with Gasteiger partial charge < -0.3 is 10.8 Å². The Hall–Kier alpha value is -0.970. The van der Waals surface area contributed by atoms with Crippen LogP contribution in [0, 0.1) is 0 Å². The summed E-state index contributed by atoms with van der Waals surface area (Å²) in [7, 11) is 1.97. The number of hydrogen-bond donors (Lipinski definition) is 2. The van der Waals surface area contributed by atoms with Crippen LogP contribution in [0.4, 0.5) is 0 Å². The van der Waals surface area contributed by atoms with Crippen molar-refractivity contribution in [2.45, 2.75) is 38.5 Å². The Morgan fingerprint density at radius 3 is 2.65 bits per heavy atom. The van der Waals surface area contributed by atoms with Gasteiger partial charge in [0.1, 0.15) is 0 Å². The third-order valence-electron chi connectivity index (χ3n) is 2.89. The molecule has 1 aromatic heterocycles. The van der Waals surface area contributed by atoms with Gasteiger partial charge >= 0.3 is 0 Å². The summed E-state index contributed by atoms with van der Waals surface area (Å²) in [6, 6.07) is 5.92. The summed E-state index contributed by atoms with van der Waals surface area (Å²) < 4.78 is 0. The minimum absolute atomic E-state index is 0.0219. The van der Waals surface area contributed by atoms with Gasteiger partial charge in [-0.3, -0.25) is 9.88 Å². The molecule has 3 N–H and O–H groups in total. The Balaban J connectivity index is 2.88. The minimum Gasteiger partial charge on any atom is -0.392 e. The molecule has 0 aliphatic carbocycles. The van der Waals surface area contributed by atoms with Crippen LogP contribution < -0.4 is 5.73 Å². The lowest BCUT2D eigenvalue weighted by Gasteiger charge is -2.32. The summed E-state index contributed by atoms with van der Waals surface area (Å²) in [6.45, 7) is 4.44. The fourth-order valence-corrected chi connectivity index (χ4v) is 2.08. The van der Waals surface area contributed by atoms with Crippen molar-refractivity contribution in [1.29, 1.82) is 0 Å². The van der Waals surface area contributed by atoms with E-state index in [-0.39, 0.29) is 18.2 Å². The first-order chi connectivity index (χ1) is 8.06. The van der Waals surface area contributed by atoms with Crippen LogP contribution in [-0.4, -0.2) is 40.7 Å². The van der Waals surface area contributed by atoms with Gasteiger partial charge in [-0.15, -0.1) is 0 Å². The van der Waals surface area contributed by atoms with Crippen LogP contribution in [0.25, 0.3) is 0 Å². The molecule has 0 aromatic carbocycles. The van der Waals surface area contributed by atoms with Crippen LogP contribution in [0.1, 0.15) is 32.0 Å². The van der Waals surface area contributed by atoms with Crippen LogP contribution in [0.3, 0.4) is 0 Å². The maximum atomic E-state index is 9.47. The predicted molar refractivity (Wildman–Crippen MR) is 69.6 cm³/mol. The number of rotatable bonds is 6. The number of hydrogen-bond acceptors (Lipinski definition) is 4. The Morgan fingerprint density at radius 1 is 1.47 bits per heavy atom. The van der Waals surface area contributed by atoms with E-state index in [0.29, 0.717) is 6.54 Å². The van der Waals surface area contributed by atoms with Crippen molar-refractivity contribution in [3.8, 4) is 0 Å². The zero-order valence-corrected chi connectivity index (χ0v) is 10.9. The molecule has 0 aliphatic heterocycles. The molecule has 0 fully saturated rings. The molecular formula is C13H23N3O. The summed E-state index contributed by atoms with van der Waals surface area (Å²) in [6.07, 6.45) is 2.29. The number of nitrogens with zero attached hydrogens (tertiary/aromatic N) is 2. The topological polar surface area (TPSA) is 62.4 Å². The molecule has 3 atom stereocenters. The molecule has 3 unspecified atom stereocenters. The second-order valence-corrected chi connectivity index (χ2v) is 4.56. The van der Waals surface area contributed by atoms with E-state index >= 15 is 0 Å². The minimum atomic E-state index is -0.365. The SMILES string of the molecule is CCC(N)C(c1ccccn1)N(C)CC(C)O. The third-order valence-corrected chi connectivity index (χ3v) is 2.89. The van der Waals surface area contributed by atoms with Crippen molar-refractivity contribution in [2.24, 2.45) is 5.73 Å². The maximum absolute atomic E-state index is 9.47. The summed E-state index contributed by atoms with van der Waals surface area (Å²) in [5.74, 6) is 0. The van der Waals surface area contributed by atoms with Gasteiger partial charge in [-0.1, -0.05) is 13.0 Å². The van der Waals surface area contributed by atoms with Gasteiger partial charge in [0, 0.05) is 18.8 Å². The molecule has 0 bridgehead atoms. The maximum Gasteiger partial charge on any atom is 0.0671 e. The smallest absolute Gasteiger partial charge is 0.0671 e. The molecule has 1 rings (SSSR count). The van der Waals surface area contributed by atoms with E-state index in [4.69, 9.17) is 5.73 Å². The standard InChI is InChI=1S/C13H23N3O/c1-4-11(14)13(16(3)9-10(2)17)12-7-5-6-8-15-12/h5-8,10-11,13,17H,4,9,14H2,1-3H3. The lowest BCUT2D eigenvalue weighted by atomic mass is 10.0. The lowest BCUT2D eigenvalue weighted by molar-refractivity contribution is 0.105. The first-order valence-electron chi connectivity index (χ1n) is 6.11. The fraction of sp³-hybridized carbons (Fsp3) is 0.615. The number of nitrogens with two attached hydrogens (primary N) is 1. The molecule has 1 aromatic rings. The van der Waals surface area contributed by atoms with E-state index in [1.54, 1.807) is 13.1 Å². The first-order valence-corrected chi connectivity index (χ1v) is 6.11. The van der Waals surface area contributed by atoms with Gasteiger partial charge in [0.2, 0.25) is 0 Å². The van der Waals surface area contributed by atoms with E-state index < -0.39 is 0 Å². The number of aliphatic hydroxyl groups is 1. The zero-order valence-electron chi connectivity index (χ0n) is 10.9. The summed E-state index contributed by atoms with van der Waals surface area (Å²) in [5, 5.41) is 9.47. The number of aromatic nitrogens is 1. The highest BCUT2D eigenvalue weighted by molar-refractivity contribution is 5.11. The van der Waals surface area contributed by atoms with Crippen molar-refractivity contribution in [1.82, 2.24) is 9.88 Å². The molecule has 1 heterocycles. The quantitative estimate of drug-likeness (QED) is 0.779. The van der Waals surface area contributed by atoms with Gasteiger partial charge in [0.05, 0.1) is 17.8 Å².